The zero-order valence-corrected chi connectivity index (χ0v) is 16.9. The molecule has 154 valence electrons. The molecule has 0 unspecified atom stereocenters. The predicted molar refractivity (Wildman–Crippen MR) is 112 cm³/mol. The number of rotatable bonds is 5. The van der Waals surface area contributed by atoms with E-state index in [1.165, 1.54) is 36.4 Å². The van der Waals surface area contributed by atoms with Crippen molar-refractivity contribution >= 4 is 21.5 Å². The van der Waals surface area contributed by atoms with Crippen LogP contribution in [0, 0.1) is 13.8 Å². The van der Waals surface area contributed by atoms with Gasteiger partial charge in [-0.3, -0.25) is 25.0 Å². The molecule has 0 saturated carbocycles. The zero-order valence-electron chi connectivity index (χ0n) is 16.1. The van der Waals surface area contributed by atoms with Gasteiger partial charge in [0.1, 0.15) is 5.36 Å². The Hall–Kier alpha value is -3.63. The summed E-state index contributed by atoms with van der Waals surface area (Å²) in [5.74, 6) is 0. The lowest BCUT2D eigenvalue weighted by Gasteiger charge is -2.06. The predicted octanol–water partition coefficient (Wildman–Crippen LogP) is 1.00. The number of aryl methyl sites for hydroxylation is 1. The fourth-order valence-corrected chi connectivity index (χ4v) is 3.03. The Morgan fingerprint density at radius 2 is 1.57 bits per heavy atom. The summed E-state index contributed by atoms with van der Waals surface area (Å²) >= 11 is 0. The van der Waals surface area contributed by atoms with Crippen molar-refractivity contribution in [3.05, 3.63) is 96.9 Å². The van der Waals surface area contributed by atoms with Crippen LogP contribution in [-0.4, -0.2) is 13.0 Å². The van der Waals surface area contributed by atoms with Gasteiger partial charge >= 0.3 is 0 Å². The molecular formula is C20H18N4O5S. The lowest BCUT2D eigenvalue weighted by atomic mass is 10.1. The molecule has 3 N–H and O–H groups in total. The first kappa shape index (κ1) is 21.1. The zero-order chi connectivity index (χ0) is 21.9. The molecule has 0 radical (unpaired) electrons. The highest BCUT2D eigenvalue weighted by Gasteiger charge is 2.08. The van der Waals surface area contributed by atoms with E-state index < -0.39 is 21.0 Å². The van der Waals surface area contributed by atoms with Crippen molar-refractivity contribution < 1.29 is 13.0 Å². The summed E-state index contributed by atoms with van der Waals surface area (Å²) in [6.45, 7) is 3.83. The van der Waals surface area contributed by atoms with Crippen LogP contribution in [0.1, 0.15) is 11.1 Å². The first-order valence-corrected chi connectivity index (χ1v) is 10.2. The van der Waals surface area contributed by atoms with Gasteiger partial charge in [-0.15, -0.1) is 0 Å². The van der Waals surface area contributed by atoms with Gasteiger partial charge in [0.25, 0.3) is 10.1 Å². The summed E-state index contributed by atoms with van der Waals surface area (Å²) in [4.78, 5) is 24.4. The maximum Gasteiger partial charge on any atom is 0.294 e. The molecule has 3 aromatic rings. The molecular weight excluding hydrogens is 408 g/mol. The molecule has 10 heteroatoms. The van der Waals surface area contributed by atoms with E-state index in [0.717, 1.165) is 11.1 Å². The Kier molecular flexibility index (Phi) is 5.90. The van der Waals surface area contributed by atoms with Crippen LogP contribution in [0.25, 0.3) is 0 Å². The number of nitrogens with zero attached hydrogens (tertiary/aromatic N) is 2. The van der Waals surface area contributed by atoms with Crippen molar-refractivity contribution in [1.29, 1.82) is 0 Å². The summed E-state index contributed by atoms with van der Waals surface area (Å²) in [6.07, 6.45) is 0. The fraction of sp³-hybridized carbons (Fsp3) is 0.100. The van der Waals surface area contributed by atoms with Crippen molar-refractivity contribution in [2.75, 3.05) is 10.9 Å². The van der Waals surface area contributed by atoms with Crippen molar-refractivity contribution in [2.24, 2.45) is 10.2 Å². The maximum absolute atomic E-state index is 12.6. The molecule has 0 aliphatic carbocycles. The first-order chi connectivity index (χ1) is 14.2. The topological polar surface area (TPSA) is 137 Å². The van der Waals surface area contributed by atoms with Crippen LogP contribution >= 0.6 is 0 Å². The average molecular weight is 426 g/mol. The van der Waals surface area contributed by atoms with Crippen molar-refractivity contribution in [2.45, 2.75) is 18.7 Å². The summed E-state index contributed by atoms with van der Waals surface area (Å²) in [6, 6.07) is 13.1. The van der Waals surface area contributed by atoms with Crippen LogP contribution in [0.3, 0.4) is 0 Å². The van der Waals surface area contributed by atoms with Crippen molar-refractivity contribution in [3.63, 3.8) is 0 Å². The van der Waals surface area contributed by atoms with Gasteiger partial charge in [-0.2, -0.15) is 18.6 Å². The number of nitrogens with one attached hydrogen (secondary N) is 2. The second kappa shape index (κ2) is 8.39. The number of benzene rings is 3. The Labute approximate surface area is 171 Å². The van der Waals surface area contributed by atoms with Crippen LogP contribution in [-0.2, 0) is 10.1 Å². The minimum atomic E-state index is -4.30. The van der Waals surface area contributed by atoms with Crippen molar-refractivity contribution in [3.8, 4) is 0 Å². The lowest BCUT2D eigenvalue weighted by Crippen LogP contribution is -2.48. The molecule has 3 rings (SSSR count). The number of anilines is 2. The van der Waals surface area contributed by atoms with Gasteiger partial charge in [0, 0.05) is 0 Å². The van der Waals surface area contributed by atoms with Gasteiger partial charge in [-0.1, -0.05) is 12.1 Å². The molecule has 0 aliphatic heterocycles. The van der Waals surface area contributed by atoms with Crippen LogP contribution in [0.4, 0.5) is 11.4 Å². The van der Waals surface area contributed by atoms with Gasteiger partial charge in [0.05, 0.1) is 16.3 Å². The second-order valence-corrected chi connectivity index (χ2v) is 7.88. The molecule has 0 atom stereocenters. The van der Waals surface area contributed by atoms with Crippen LogP contribution in [0.2, 0.25) is 0 Å². The van der Waals surface area contributed by atoms with E-state index in [1.807, 2.05) is 26.0 Å². The van der Waals surface area contributed by atoms with Gasteiger partial charge in [-0.25, -0.2) is 0 Å². The fourth-order valence-electron chi connectivity index (χ4n) is 2.55. The highest BCUT2D eigenvalue weighted by Crippen LogP contribution is 2.17. The highest BCUT2D eigenvalue weighted by molar-refractivity contribution is 7.85. The Balaban J connectivity index is 1.93. The minimum Gasteiger partial charge on any atom is -0.287 e. The molecule has 0 saturated heterocycles. The van der Waals surface area contributed by atoms with Crippen molar-refractivity contribution in [1.82, 2.24) is 0 Å². The third-order valence-electron chi connectivity index (χ3n) is 4.42. The largest absolute Gasteiger partial charge is 0.294 e. The standard InChI is InChI=1S/C20H18N4O5S/c1-12-4-3-5-16(13(12)2)22-24-19-18(25)11-10-17(20(19)26)23-21-14-6-8-15(9-7-14)30(27,28)29/h3-11,21-22H,1-2H3,(H,27,28,29)/b23-17+,24-19+. The molecule has 30 heavy (non-hydrogen) atoms. The third kappa shape index (κ3) is 4.67. The van der Waals surface area contributed by atoms with Gasteiger partial charge in [0.2, 0.25) is 10.9 Å². The molecule has 0 fully saturated rings. The van der Waals surface area contributed by atoms with Crippen LogP contribution < -0.4 is 32.4 Å². The summed E-state index contributed by atoms with van der Waals surface area (Å²) < 4.78 is 31.1. The monoisotopic (exact) mass is 426 g/mol. The maximum atomic E-state index is 12.6. The summed E-state index contributed by atoms with van der Waals surface area (Å²) in [5, 5.41) is 7.58. The molecule has 0 spiro atoms. The summed E-state index contributed by atoms with van der Waals surface area (Å²) in [7, 11) is -4.30. The molecule has 9 nitrogen and oxygen atoms in total. The number of hydrogen-bond donors (Lipinski definition) is 3. The Morgan fingerprint density at radius 3 is 2.23 bits per heavy atom. The SMILES string of the molecule is Cc1cccc(N/N=c2\c(=O)cc/c(=N\Nc3ccc(S(=O)(=O)O)cc3)c2=O)c1C. The Bertz CT molecular complexity index is 1420. The van der Waals surface area contributed by atoms with Crippen LogP contribution in [0.15, 0.2) is 79.3 Å². The van der Waals surface area contributed by atoms with E-state index in [4.69, 9.17) is 4.55 Å². The smallest absolute Gasteiger partial charge is 0.287 e. The lowest BCUT2D eigenvalue weighted by molar-refractivity contribution is 0.483. The molecule has 0 aromatic heterocycles. The van der Waals surface area contributed by atoms with E-state index in [1.54, 1.807) is 6.07 Å². The normalized spacial score (nSPS) is 12.8. The van der Waals surface area contributed by atoms with Gasteiger partial charge in [-0.05, 0) is 67.4 Å². The molecule has 0 aliphatic rings. The molecule has 3 aromatic carbocycles. The van der Waals surface area contributed by atoms with E-state index in [0.29, 0.717) is 11.4 Å². The minimum absolute atomic E-state index is 0.0463. The highest BCUT2D eigenvalue weighted by atomic mass is 32.2. The van der Waals surface area contributed by atoms with E-state index >= 15 is 0 Å². The summed E-state index contributed by atoms with van der Waals surface area (Å²) in [5.41, 5.74) is 7.17. The third-order valence-corrected chi connectivity index (χ3v) is 5.29. The number of hydrogen-bond acceptors (Lipinski definition) is 8. The first-order valence-electron chi connectivity index (χ1n) is 8.75. The average Bonchev–Trinajstić information content (AvgIpc) is 2.70. The van der Waals surface area contributed by atoms with E-state index in [9.17, 15) is 18.0 Å². The van der Waals surface area contributed by atoms with E-state index in [-0.39, 0.29) is 15.6 Å². The second-order valence-electron chi connectivity index (χ2n) is 6.45. The van der Waals surface area contributed by atoms with Crippen LogP contribution in [0.5, 0.6) is 0 Å². The molecule has 0 amide bonds. The Morgan fingerprint density at radius 1 is 0.867 bits per heavy atom. The molecule has 0 bridgehead atoms. The molecule has 0 heterocycles. The van der Waals surface area contributed by atoms with E-state index in [2.05, 4.69) is 21.1 Å². The van der Waals surface area contributed by atoms with Gasteiger partial charge in [0.15, 0.2) is 5.36 Å². The van der Waals surface area contributed by atoms with Gasteiger partial charge < -0.3 is 0 Å². The quantitative estimate of drug-likeness (QED) is 0.409.